The summed E-state index contributed by atoms with van der Waals surface area (Å²) in [4.78, 5) is 0. The van der Waals surface area contributed by atoms with Crippen molar-refractivity contribution in [3.8, 4) is 22.3 Å². The first-order chi connectivity index (χ1) is 16.0. The van der Waals surface area contributed by atoms with Crippen molar-refractivity contribution in [3.05, 3.63) is 118 Å². The molecular formula is C28H22F6. The minimum absolute atomic E-state index is 0.0504. The van der Waals surface area contributed by atoms with Crippen LogP contribution in [0.1, 0.15) is 22.3 Å². The maximum Gasteiger partial charge on any atom is 0.167 e. The van der Waals surface area contributed by atoms with Gasteiger partial charge in [-0.25, -0.2) is 26.3 Å². The van der Waals surface area contributed by atoms with Gasteiger partial charge in [-0.2, -0.15) is 0 Å². The van der Waals surface area contributed by atoms with Gasteiger partial charge in [0.1, 0.15) is 11.6 Å². The predicted molar refractivity (Wildman–Crippen MR) is 122 cm³/mol. The summed E-state index contributed by atoms with van der Waals surface area (Å²) in [6, 6.07) is 14.5. The van der Waals surface area contributed by atoms with Crippen LogP contribution in [0.15, 0.2) is 60.7 Å². The molecule has 0 saturated heterocycles. The van der Waals surface area contributed by atoms with Gasteiger partial charge in [0.2, 0.25) is 0 Å². The van der Waals surface area contributed by atoms with Crippen LogP contribution in [0, 0.1) is 62.6 Å². The Morgan fingerprint density at radius 1 is 0.412 bits per heavy atom. The van der Waals surface area contributed by atoms with Crippen molar-refractivity contribution in [1.29, 1.82) is 0 Å². The molecule has 0 aromatic heterocycles. The van der Waals surface area contributed by atoms with Gasteiger partial charge in [-0.15, -0.1) is 0 Å². The van der Waals surface area contributed by atoms with Gasteiger partial charge in [-0.3, -0.25) is 0 Å². The molecule has 0 aliphatic heterocycles. The molecule has 0 heterocycles. The lowest BCUT2D eigenvalue weighted by Crippen LogP contribution is -1.95. The zero-order chi connectivity index (χ0) is 25.2. The molecule has 0 radical (unpaired) electrons. The summed E-state index contributed by atoms with van der Waals surface area (Å²) < 4.78 is 81.2. The Balaban J connectivity index is 0.000000191. The Labute approximate surface area is 194 Å². The van der Waals surface area contributed by atoms with Crippen LogP contribution in [0.5, 0.6) is 0 Å². The van der Waals surface area contributed by atoms with E-state index in [0.29, 0.717) is 11.1 Å². The number of benzene rings is 4. The minimum atomic E-state index is -1.01. The third kappa shape index (κ3) is 5.16. The van der Waals surface area contributed by atoms with E-state index in [9.17, 15) is 26.3 Å². The lowest BCUT2D eigenvalue weighted by Gasteiger charge is -2.08. The Hall–Kier alpha value is -3.54. The molecule has 4 aromatic rings. The molecule has 0 atom stereocenters. The fourth-order valence-corrected chi connectivity index (χ4v) is 3.32. The van der Waals surface area contributed by atoms with E-state index in [0.717, 1.165) is 5.56 Å². The van der Waals surface area contributed by atoms with Gasteiger partial charge in [-0.05, 0) is 67.6 Å². The Morgan fingerprint density at radius 3 is 1.47 bits per heavy atom. The minimum Gasteiger partial charge on any atom is -0.207 e. The third-order valence-corrected chi connectivity index (χ3v) is 5.45. The summed E-state index contributed by atoms with van der Waals surface area (Å²) in [7, 11) is 0. The molecule has 34 heavy (non-hydrogen) atoms. The van der Waals surface area contributed by atoms with Gasteiger partial charge in [0.25, 0.3) is 0 Å². The molecule has 0 unspecified atom stereocenters. The number of halogens is 6. The first-order valence-electron chi connectivity index (χ1n) is 10.4. The molecule has 0 saturated carbocycles. The van der Waals surface area contributed by atoms with E-state index < -0.39 is 34.9 Å². The van der Waals surface area contributed by atoms with Crippen LogP contribution in [-0.4, -0.2) is 0 Å². The quantitative estimate of drug-likeness (QED) is 0.256. The molecule has 6 heteroatoms. The molecule has 0 bridgehead atoms. The van der Waals surface area contributed by atoms with E-state index >= 15 is 0 Å². The fourth-order valence-electron chi connectivity index (χ4n) is 3.32. The molecular weight excluding hydrogens is 450 g/mol. The van der Waals surface area contributed by atoms with Gasteiger partial charge < -0.3 is 0 Å². The summed E-state index contributed by atoms with van der Waals surface area (Å²) >= 11 is 0. The summed E-state index contributed by atoms with van der Waals surface area (Å²) in [6.07, 6.45) is 0. The Morgan fingerprint density at radius 2 is 0.912 bits per heavy atom. The molecule has 4 aromatic carbocycles. The highest BCUT2D eigenvalue weighted by molar-refractivity contribution is 5.66. The highest BCUT2D eigenvalue weighted by Crippen LogP contribution is 2.29. The maximum atomic E-state index is 13.7. The monoisotopic (exact) mass is 472 g/mol. The van der Waals surface area contributed by atoms with Crippen LogP contribution >= 0.6 is 0 Å². The average molecular weight is 472 g/mol. The SMILES string of the molecule is Cc1ccc(-c2ccc(C)c(F)c2F)c(F)c1.Cc1ccc(-c2ccc(C)c(F)c2F)cc1F. The van der Waals surface area contributed by atoms with Gasteiger partial charge in [0.15, 0.2) is 23.3 Å². The largest absolute Gasteiger partial charge is 0.207 e. The fraction of sp³-hybridized carbons (Fsp3) is 0.143. The van der Waals surface area contributed by atoms with E-state index in [2.05, 4.69) is 0 Å². The Bertz CT molecular complexity index is 1360. The highest BCUT2D eigenvalue weighted by atomic mass is 19.2. The summed E-state index contributed by atoms with van der Waals surface area (Å²) in [6.45, 7) is 6.30. The molecule has 176 valence electrons. The van der Waals surface area contributed by atoms with E-state index in [1.54, 1.807) is 32.0 Å². The van der Waals surface area contributed by atoms with E-state index in [1.165, 1.54) is 56.3 Å². The first-order valence-corrected chi connectivity index (χ1v) is 10.4. The first kappa shape index (κ1) is 25.1. The summed E-state index contributed by atoms with van der Waals surface area (Å²) in [5.74, 6) is -4.73. The van der Waals surface area contributed by atoms with Crippen LogP contribution in [0.2, 0.25) is 0 Å². The van der Waals surface area contributed by atoms with Crippen molar-refractivity contribution in [2.45, 2.75) is 27.7 Å². The van der Waals surface area contributed by atoms with Gasteiger partial charge >= 0.3 is 0 Å². The molecule has 0 fully saturated rings. The van der Waals surface area contributed by atoms with Crippen molar-refractivity contribution in [1.82, 2.24) is 0 Å². The van der Waals surface area contributed by atoms with Crippen molar-refractivity contribution in [3.63, 3.8) is 0 Å². The second-order valence-electron chi connectivity index (χ2n) is 8.06. The van der Waals surface area contributed by atoms with Crippen molar-refractivity contribution < 1.29 is 26.3 Å². The molecule has 0 amide bonds. The van der Waals surface area contributed by atoms with E-state index in [4.69, 9.17) is 0 Å². The molecule has 0 aliphatic rings. The summed E-state index contributed by atoms with van der Waals surface area (Å²) in [5.41, 5.74) is 2.09. The van der Waals surface area contributed by atoms with Crippen LogP contribution < -0.4 is 0 Å². The van der Waals surface area contributed by atoms with Crippen LogP contribution in [0.4, 0.5) is 26.3 Å². The van der Waals surface area contributed by atoms with Crippen molar-refractivity contribution in [2.75, 3.05) is 0 Å². The number of hydrogen-bond acceptors (Lipinski definition) is 0. The van der Waals surface area contributed by atoms with E-state index in [1.807, 2.05) is 0 Å². The number of hydrogen-bond donors (Lipinski definition) is 0. The topological polar surface area (TPSA) is 0 Å². The number of aryl methyl sites for hydroxylation is 4. The predicted octanol–water partition coefficient (Wildman–Crippen LogP) is 8.78. The van der Waals surface area contributed by atoms with Gasteiger partial charge in [-0.1, -0.05) is 48.5 Å². The molecule has 0 spiro atoms. The Kier molecular flexibility index (Phi) is 7.50. The van der Waals surface area contributed by atoms with Crippen molar-refractivity contribution in [2.24, 2.45) is 0 Å². The molecule has 0 aliphatic carbocycles. The summed E-state index contributed by atoms with van der Waals surface area (Å²) in [5, 5.41) is 0. The normalized spacial score (nSPS) is 10.6. The van der Waals surface area contributed by atoms with Crippen molar-refractivity contribution >= 4 is 0 Å². The smallest absolute Gasteiger partial charge is 0.167 e. The van der Waals surface area contributed by atoms with Crippen LogP contribution in [0.25, 0.3) is 22.3 Å². The lowest BCUT2D eigenvalue weighted by molar-refractivity contribution is 0.504. The van der Waals surface area contributed by atoms with Gasteiger partial charge in [0, 0.05) is 16.7 Å². The van der Waals surface area contributed by atoms with Crippen LogP contribution in [-0.2, 0) is 0 Å². The standard InChI is InChI=1S/2C14H11F3/c1-8-3-5-10(7-12(8)15)11-6-4-9(2)13(16)14(11)17;1-8-3-5-10(12(15)7-8)11-6-4-9(2)13(16)14(11)17/h2*3-7H,1-2H3. The number of rotatable bonds is 2. The molecule has 4 rings (SSSR count). The van der Waals surface area contributed by atoms with E-state index in [-0.39, 0.29) is 27.8 Å². The zero-order valence-electron chi connectivity index (χ0n) is 19.0. The third-order valence-electron chi connectivity index (χ3n) is 5.45. The molecule has 0 N–H and O–H groups in total. The maximum absolute atomic E-state index is 13.7. The second-order valence-corrected chi connectivity index (χ2v) is 8.06. The van der Waals surface area contributed by atoms with Gasteiger partial charge in [0.05, 0.1) is 0 Å². The average Bonchev–Trinajstić information content (AvgIpc) is 2.79. The van der Waals surface area contributed by atoms with Crippen LogP contribution in [0.3, 0.4) is 0 Å². The highest BCUT2D eigenvalue weighted by Gasteiger charge is 2.15. The molecule has 0 nitrogen and oxygen atoms in total. The lowest BCUT2D eigenvalue weighted by atomic mass is 10.0. The second kappa shape index (κ2) is 10.2. The zero-order valence-corrected chi connectivity index (χ0v) is 19.0.